The Labute approximate surface area is 183 Å². The van der Waals surface area contributed by atoms with E-state index in [2.05, 4.69) is 10.1 Å². The number of hydrogen-bond acceptors (Lipinski definition) is 7. The van der Waals surface area contributed by atoms with Gasteiger partial charge in [-0.25, -0.2) is 9.97 Å². The normalized spacial score (nSPS) is 15.3. The van der Waals surface area contributed by atoms with Gasteiger partial charge in [0.1, 0.15) is 16.9 Å². The number of fused-ring (bicyclic) bond motifs is 1. The molecule has 31 heavy (non-hydrogen) atoms. The summed E-state index contributed by atoms with van der Waals surface area (Å²) in [4.78, 5) is 23.7. The molecular weight excluding hydrogens is 412 g/mol. The maximum atomic E-state index is 12.8. The molecule has 4 aromatic rings. The Bertz CT molecular complexity index is 1210. The monoisotopic (exact) mass is 434 g/mol. The van der Waals surface area contributed by atoms with Gasteiger partial charge in [-0.3, -0.25) is 9.48 Å². The van der Waals surface area contributed by atoms with Crippen LogP contribution in [0.15, 0.2) is 48.9 Å². The quantitative estimate of drug-likeness (QED) is 0.529. The van der Waals surface area contributed by atoms with Crippen LogP contribution in [0.25, 0.3) is 31.9 Å². The lowest BCUT2D eigenvalue weighted by atomic mass is 10.1. The zero-order valence-electron chi connectivity index (χ0n) is 17.1. The average molecular weight is 435 g/mol. The maximum absolute atomic E-state index is 12.8. The Morgan fingerprint density at radius 2 is 2.00 bits per heavy atom. The van der Waals surface area contributed by atoms with Gasteiger partial charge in [-0.15, -0.1) is 11.3 Å². The minimum atomic E-state index is -0.391. The number of rotatable bonds is 4. The van der Waals surface area contributed by atoms with Gasteiger partial charge in [0.15, 0.2) is 0 Å². The number of morpholine rings is 1. The van der Waals surface area contributed by atoms with Crippen LogP contribution in [-0.4, -0.2) is 56.9 Å². The first-order valence-corrected chi connectivity index (χ1v) is 10.9. The highest BCUT2D eigenvalue weighted by Gasteiger charge is 2.24. The van der Waals surface area contributed by atoms with E-state index >= 15 is 0 Å². The Morgan fingerprint density at radius 3 is 2.81 bits per heavy atom. The van der Waals surface area contributed by atoms with Crippen molar-refractivity contribution in [3.05, 3.63) is 48.9 Å². The summed E-state index contributed by atoms with van der Waals surface area (Å²) in [5.74, 6) is 0.481. The molecule has 2 N–H and O–H groups in total. The first-order chi connectivity index (χ1) is 15.1. The standard InChI is InChI=1S/C22H22N6O2S/c1-14(22(29)27-6-8-30-9-7-27)28-13-16(12-25-28)15-10-17(20(23)24-11-15)21-26-18-4-2-3-5-19(18)31-21/h2-5,10-14H,6-9H2,1H3,(H2,23,24). The minimum Gasteiger partial charge on any atom is -0.383 e. The SMILES string of the molecule is CC(C(=O)N1CCOCC1)n1cc(-c2cnc(N)c(-c3nc4ccccc4s3)c2)cn1. The number of amides is 1. The molecule has 1 amide bonds. The van der Waals surface area contributed by atoms with Crippen LogP contribution in [-0.2, 0) is 9.53 Å². The number of nitrogens with two attached hydrogens (primary N) is 1. The highest BCUT2D eigenvalue weighted by Crippen LogP contribution is 2.35. The van der Waals surface area contributed by atoms with E-state index in [1.54, 1.807) is 28.4 Å². The predicted octanol–water partition coefficient (Wildman–Crippen LogP) is 3.22. The number of nitrogen functional groups attached to an aromatic ring is 1. The lowest BCUT2D eigenvalue weighted by Crippen LogP contribution is -2.43. The second-order valence-electron chi connectivity index (χ2n) is 7.47. The predicted molar refractivity (Wildman–Crippen MR) is 121 cm³/mol. The summed E-state index contributed by atoms with van der Waals surface area (Å²) in [7, 11) is 0. The van der Waals surface area contributed by atoms with Crippen molar-refractivity contribution in [2.45, 2.75) is 13.0 Å². The van der Waals surface area contributed by atoms with E-state index in [-0.39, 0.29) is 5.91 Å². The number of hydrogen-bond donors (Lipinski definition) is 1. The summed E-state index contributed by atoms with van der Waals surface area (Å²) in [6, 6.07) is 9.58. The van der Waals surface area contributed by atoms with Crippen molar-refractivity contribution in [1.82, 2.24) is 24.6 Å². The molecule has 0 spiro atoms. The molecule has 8 nitrogen and oxygen atoms in total. The van der Waals surface area contributed by atoms with Crippen LogP contribution in [0.5, 0.6) is 0 Å². The molecule has 1 unspecified atom stereocenters. The molecule has 1 atom stereocenters. The molecule has 9 heteroatoms. The molecule has 1 aliphatic heterocycles. The molecule has 5 rings (SSSR count). The Hall–Kier alpha value is -3.30. The van der Waals surface area contributed by atoms with Gasteiger partial charge in [-0.05, 0) is 25.1 Å². The van der Waals surface area contributed by atoms with Crippen molar-refractivity contribution >= 4 is 33.3 Å². The van der Waals surface area contributed by atoms with Gasteiger partial charge in [0, 0.05) is 36.6 Å². The molecule has 4 heterocycles. The Morgan fingerprint density at radius 1 is 1.19 bits per heavy atom. The molecule has 3 aromatic heterocycles. The number of pyridine rings is 1. The van der Waals surface area contributed by atoms with E-state index in [0.717, 1.165) is 31.9 Å². The molecule has 1 fully saturated rings. The van der Waals surface area contributed by atoms with Crippen LogP contribution in [0.1, 0.15) is 13.0 Å². The van der Waals surface area contributed by atoms with Crippen LogP contribution in [0, 0.1) is 0 Å². The van der Waals surface area contributed by atoms with Gasteiger partial charge >= 0.3 is 0 Å². The second kappa shape index (κ2) is 8.09. The fraction of sp³-hybridized carbons (Fsp3) is 0.273. The molecule has 1 saturated heterocycles. The van der Waals surface area contributed by atoms with Crippen molar-refractivity contribution in [3.63, 3.8) is 0 Å². The summed E-state index contributed by atoms with van der Waals surface area (Å²) in [6.45, 7) is 4.25. The zero-order chi connectivity index (χ0) is 21.4. The van der Waals surface area contributed by atoms with Crippen LogP contribution in [0.4, 0.5) is 5.82 Å². The topological polar surface area (TPSA) is 99.2 Å². The first-order valence-electron chi connectivity index (χ1n) is 10.1. The van der Waals surface area contributed by atoms with Crippen molar-refractivity contribution in [3.8, 4) is 21.7 Å². The summed E-state index contributed by atoms with van der Waals surface area (Å²) < 4.78 is 8.13. The second-order valence-corrected chi connectivity index (χ2v) is 8.50. The molecule has 0 radical (unpaired) electrons. The summed E-state index contributed by atoms with van der Waals surface area (Å²) in [5, 5.41) is 5.26. The van der Waals surface area contributed by atoms with Crippen LogP contribution >= 0.6 is 11.3 Å². The Balaban J connectivity index is 1.43. The largest absolute Gasteiger partial charge is 0.383 e. The summed E-state index contributed by atoms with van der Waals surface area (Å²) in [5.41, 5.74) is 9.65. The van der Waals surface area contributed by atoms with E-state index in [4.69, 9.17) is 15.5 Å². The van der Waals surface area contributed by atoms with E-state index in [1.807, 2.05) is 48.4 Å². The molecule has 0 bridgehead atoms. The minimum absolute atomic E-state index is 0.0449. The maximum Gasteiger partial charge on any atom is 0.247 e. The number of ether oxygens (including phenoxy) is 1. The van der Waals surface area contributed by atoms with Gasteiger partial charge < -0.3 is 15.4 Å². The lowest BCUT2D eigenvalue weighted by molar-refractivity contribution is -0.138. The molecule has 1 aliphatic rings. The van der Waals surface area contributed by atoms with Crippen LogP contribution in [0.2, 0.25) is 0 Å². The van der Waals surface area contributed by atoms with Gasteiger partial charge in [-0.1, -0.05) is 12.1 Å². The number of benzene rings is 1. The smallest absolute Gasteiger partial charge is 0.247 e. The fourth-order valence-corrected chi connectivity index (χ4v) is 4.64. The van der Waals surface area contributed by atoms with Gasteiger partial charge in [0.2, 0.25) is 5.91 Å². The van der Waals surface area contributed by atoms with Crippen LogP contribution in [0.3, 0.4) is 0 Å². The molecule has 158 valence electrons. The summed E-state index contributed by atoms with van der Waals surface area (Å²) >= 11 is 1.59. The van der Waals surface area contributed by atoms with E-state index in [0.29, 0.717) is 32.1 Å². The highest BCUT2D eigenvalue weighted by atomic mass is 32.1. The van der Waals surface area contributed by atoms with Gasteiger partial charge in [0.25, 0.3) is 0 Å². The number of para-hydroxylation sites is 1. The highest BCUT2D eigenvalue weighted by molar-refractivity contribution is 7.21. The number of aromatic nitrogens is 4. The molecule has 1 aromatic carbocycles. The van der Waals surface area contributed by atoms with Crippen molar-refractivity contribution in [1.29, 1.82) is 0 Å². The lowest BCUT2D eigenvalue weighted by Gasteiger charge is -2.29. The molecule has 0 saturated carbocycles. The third-order valence-corrected chi connectivity index (χ3v) is 6.52. The Kier molecular flexibility index (Phi) is 5.13. The van der Waals surface area contributed by atoms with Crippen molar-refractivity contribution < 1.29 is 9.53 Å². The average Bonchev–Trinajstić information content (AvgIpc) is 3.46. The van der Waals surface area contributed by atoms with Crippen molar-refractivity contribution in [2.24, 2.45) is 0 Å². The van der Waals surface area contributed by atoms with Crippen LogP contribution < -0.4 is 5.73 Å². The number of nitrogens with zero attached hydrogens (tertiary/aromatic N) is 5. The van der Waals surface area contributed by atoms with E-state index in [9.17, 15) is 4.79 Å². The van der Waals surface area contributed by atoms with Gasteiger partial charge in [-0.2, -0.15) is 5.10 Å². The zero-order valence-corrected chi connectivity index (χ0v) is 17.9. The third-order valence-electron chi connectivity index (χ3n) is 5.45. The van der Waals surface area contributed by atoms with E-state index in [1.165, 1.54) is 0 Å². The molecule has 0 aliphatic carbocycles. The molecular formula is C22H22N6O2S. The number of carbonyl (C=O) groups is 1. The van der Waals surface area contributed by atoms with Gasteiger partial charge in [0.05, 0.1) is 35.2 Å². The van der Waals surface area contributed by atoms with Crippen molar-refractivity contribution in [2.75, 3.05) is 32.0 Å². The number of anilines is 1. The summed E-state index contributed by atoms with van der Waals surface area (Å²) in [6.07, 6.45) is 5.35. The number of carbonyl (C=O) groups excluding carboxylic acids is 1. The van der Waals surface area contributed by atoms with E-state index < -0.39 is 6.04 Å². The third kappa shape index (κ3) is 3.77. The fourth-order valence-electron chi connectivity index (χ4n) is 3.65. The number of thiazole rings is 1. The first kappa shape index (κ1) is 19.7.